The highest BCUT2D eigenvalue weighted by Gasteiger charge is 2.13. The van der Waals surface area contributed by atoms with Gasteiger partial charge in [0.2, 0.25) is 0 Å². The van der Waals surface area contributed by atoms with Crippen LogP contribution in [0, 0.1) is 5.92 Å². The zero-order valence-electron chi connectivity index (χ0n) is 8.13. The second-order valence-corrected chi connectivity index (χ2v) is 2.98. The van der Waals surface area contributed by atoms with E-state index in [2.05, 4.69) is 13.0 Å². The molecule has 0 rings (SSSR count). The van der Waals surface area contributed by atoms with E-state index in [1.165, 1.54) is 0 Å². The van der Waals surface area contributed by atoms with E-state index in [0.717, 1.165) is 24.8 Å². The van der Waals surface area contributed by atoms with Gasteiger partial charge in [-0.3, -0.25) is 4.79 Å². The van der Waals surface area contributed by atoms with E-state index >= 15 is 0 Å². The topological polar surface area (TPSA) is 37.3 Å². The molecule has 0 heterocycles. The average Bonchev–Trinajstić information content (AvgIpc) is 2.05. The summed E-state index contributed by atoms with van der Waals surface area (Å²) in [6, 6.07) is 0. The lowest BCUT2D eigenvalue weighted by molar-refractivity contribution is -0.139. The molecule has 12 heavy (non-hydrogen) atoms. The van der Waals surface area contributed by atoms with Crippen LogP contribution in [0.4, 0.5) is 0 Å². The van der Waals surface area contributed by atoms with E-state index in [1.807, 2.05) is 6.92 Å². The number of aliphatic carboxylic acids is 1. The van der Waals surface area contributed by atoms with Gasteiger partial charge in [0.15, 0.2) is 0 Å². The van der Waals surface area contributed by atoms with Gasteiger partial charge in [-0.25, -0.2) is 0 Å². The predicted molar refractivity (Wildman–Crippen MR) is 50.1 cm³/mol. The summed E-state index contributed by atoms with van der Waals surface area (Å²) < 4.78 is 0. The van der Waals surface area contributed by atoms with E-state index in [4.69, 9.17) is 5.11 Å². The van der Waals surface area contributed by atoms with Crippen LogP contribution in [0.3, 0.4) is 0 Å². The lowest BCUT2D eigenvalue weighted by Crippen LogP contribution is -2.11. The number of hydrogen-bond acceptors (Lipinski definition) is 1. The molecule has 0 saturated heterocycles. The van der Waals surface area contributed by atoms with Crippen LogP contribution in [-0.4, -0.2) is 11.1 Å². The van der Waals surface area contributed by atoms with Crippen LogP contribution in [0.5, 0.6) is 0 Å². The molecule has 0 spiro atoms. The Morgan fingerprint density at radius 3 is 2.42 bits per heavy atom. The van der Waals surface area contributed by atoms with Crippen molar-refractivity contribution in [3.8, 4) is 0 Å². The van der Waals surface area contributed by atoms with Gasteiger partial charge >= 0.3 is 5.97 Å². The Hall–Kier alpha value is -0.790. The number of unbranched alkanes of at least 4 members (excludes halogenated alkanes) is 1. The number of carboxylic acid groups (broad SMARTS) is 1. The molecule has 2 nitrogen and oxygen atoms in total. The molecular weight excluding hydrogens is 152 g/mol. The molecule has 0 aliphatic rings. The minimum absolute atomic E-state index is 0.318. The molecule has 0 saturated carbocycles. The first kappa shape index (κ1) is 11.2. The summed E-state index contributed by atoms with van der Waals surface area (Å²) in [5, 5.41) is 8.74. The van der Waals surface area contributed by atoms with Gasteiger partial charge in [0.1, 0.15) is 0 Å². The van der Waals surface area contributed by atoms with Crippen LogP contribution in [0.1, 0.15) is 40.0 Å². The van der Waals surface area contributed by atoms with Crippen molar-refractivity contribution in [1.82, 2.24) is 0 Å². The molecule has 0 radical (unpaired) electrons. The Morgan fingerprint density at radius 1 is 1.50 bits per heavy atom. The second kappa shape index (κ2) is 5.81. The summed E-state index contributed by atoms with van der Waals surface area (Å²) in [5.74, 6) is -1.04. The number of hydrogen-bond donors (Lipinski definition) is 1. The van der Waals surface area contributed by atoms with Crippen LogP contribution in [0.15, 0.2) is 11.6 Å². The lowest BCUT2D eigenvalue weighted by atomic mass is 9.97. The van der Waals surface area contributed by atoms with Gasteiger partial charge in [-0.1, -0.05) is 31.9 Å². The second-order valence-electron chi connectivity index (χ2n) is 2.98. The van der Waals surface area contributed by atoms with Crippen molar-refractivity contribution in [2.24, 2.45) is 5.92 Å². The van der Waals surface area contributed by atoms with E-state index < -0.39 is 5.97 Å². The molecule has 0 amide bonds. The van der Waals surface area contributed by atoms with Gasteiger partial charge in [-0.05, 0) is 19.8 Å². The van der Waals surface area contributed by atoms with Crippen molar-refractivity contribution >= 4 is 5.97 Å². The maximum absolute atomic E-state index is 10.6. The van der Waals surface area contributed by atoms with E-state index in [1.54, 1.807) is 6.92 Å². The minimum atomic E-state index is -0.723. The van der Waals surface area contributed by atoms with Gasteiger partial charge in [0.25, 0.3) is 0 Å². The maximum Gasteiger partial charge on any atom is 0.310 e. The van der Waals surface area contributed by atoms with Crippen LogP contribution in [0.2, 0.25) is 0 Å². The molecule has 1 atom stereocenters. The highest BCUT2D eigenvalue weighted by atomic mass is 16.4. The molecule has 0 aromatic heterocycles. The maximum atomic E-state index is 10.6. The van der Waals surface area contributed by atoms with Crippen molar-refractivity contribution < 1.29 is 9.90 Å². The molecule has 0 aliphatic carbocycles. The molecule has 0 fully saturated rings. The monoisotopic (exact) mass is 170 g/mol. The van der Waals surface area contributed by atoms with Crippen molar-refractivity contribution in [2.75, 3.05) is 0 Å². The van der Waals surface area contributed by atoms with E-state index in [-0.39, 0.29) is 5.92 Å². The SMILES string of the molecule is CCCC=C(CC)C(C)C(=O)O. The van der Waals surface area contributed by atoms with Crippen molar-refractivity contribution in [1.29, 1.82) is 0 Å². The zero-order valence-corrected chi connectivity index (χ0v) is 8.13. The fraction of sp³-hybridized carbons (Fsp3) is 0.700. The summed E-state index contributed by atoms with van der Waals surface area (Å²) in [5.41, 5.74) is 1.05. The minimum Gasteiger partial charge on any atom is -0.481 e. The molecule has 0 aromatic rings. The molecule has 70 valence electrons. The smallest absolute Gasteiger partial charge is 0.310 e. The van der Waals surface area contributed by atoms with E-state index in [9.17, 15) is 4.79 Å². The molecule has 0 aromatic carbocycles. The normalized spacial score (nSPS) is 14.4. The van der Waals surface area contributed by atoms with E-state index in [0.29, 0.717) is 0 Å². The molecule has 0 bridgehead atoms. The lowest BCUT2D eigenvalue weighted by Gasteiger charge is -2.09. The molecule has 0 aliphatic heterocycles. The van der Waals surface area contributed by atoms with Crippen molar-refractivity contribution in [3.63, 3.8) is 0 Å². The quantitative estimate of drug-likeness (QED) is 0.644. The van der Waals surface area contributed by atoms with Crippen LogP contribution in [-0.2, 0) is 4.79 Å². The molecule has 2 heteroatoms. The summed E-state index contributed by atoms with van der Waals surface area (Å²) in [7, 11) is 0. The van der Waals surface area contributed by atoms with Crippen molar-refractivity contribution in [3.05, 3.63) is 11.6 Å². The Labute approximate surface area is 74.3 Å². The predicted octanol–water partition coefficient (Wildman–Crippen LogP) is 2.84. The standard InChI is InChI=1S/C10H18O2/c1-4-6-7-9(5-2)8(3)10(11)12/h7-8H,4-6H2,1-3H3,(H,11,12). The molecular formula is C10H18O2. The Balaban J connectivity index is 4.22. The fourth-order valence-electron chi connectivity index (χ4n) is 1.12. The Bertz CT molecular complexity index is 171. The van der Waals surface area contributed by atoms with Gasteiger partial charge in [-0.15, -0.1) is 0 Å². The molecule has 1 N–H and O–H groups in total. The van der Waals surface area contributed by atoms with Crippen molar-refractivity contribution in [2.45, 2.75) is 40.0 Å². The zero-order chi connectivity index (χ0) is 9.56. The van der Waals surface area contributed by atoms with Crippen LogP contribution in [0.25, 0.3) is 0 Å². The third-order valence-electron chi connectivity index (χ3n) is 2.03. The van der Waals surface area contributed by atoms with Gasteiger partial charge in [-0.2, -0.15) is 0 Å². The number of carboxylic acids is 1. The summed E-state index contributed by atoms with van der Waals surface area (Å²) in [6.07, 6.45) is 4.96. The van der Waals surface area contributed by atoms with Crippen LogP contribution < -0.4 is 0 Å². The Morgan fingerprint density at radius 2 is 2.08 bits per heavy atom. The van der Waals surface area contributed by atoms with Crippen LogP contribution >= 0.6 is 0 Å². The summed E-state index contributed by atoms with van der Waals surface area (Å²) >= 11 is 0. The average molecular weight is 170 g/mol. The Kier molecular flexibility index (Phi) is 5.43. The molecule has 1 unspecified atom stereocenters. The first-order valence-corrected chi connectivity index (χ1v) is 4.55. The highest BCUT2D eigenvalue weighted by molar-refractivity contribution is 5.73. The third kappa shape index (κ3) is 3.56. The first-order valence-electron chi connectivity index (χ1n) is 4.55. The fourth-order valence-corrected chi connectivity index (χ4v) is 1.12. The number of rotatable bonds is 5. The number of allylic oxidation sites excluding steroid dienone is 1. The summed E-state index contributed by atoms with van der Waals surface area (Å²) in [6.45, 7) is 5.84. The first-order chi connectivity index (χ1) is 5.63. The summed E-state index contributed by atoms with van der Waals surface area (Å²) in [4.78, 5) is 10.6. The highest BCUT2D eigenvalue weighted by Crippen LogP contribution is 2.15. The third-order valence-corrected chi connectivity index (χ3v) is 2.03. The van der Waals surface area contributed by atoms with Gasteiger partial charge < -0.3 is 5.11 Å². The van der Waals surface area contributed by atoms with Gasteiger partial charge in [0.05, 0.1) is 5.92 Å². The van der Waals surface area contributed by atoms with Gasteiger partial charge in [0, 0.05) is 0 Å². The number of carbonyl (C=O) groups is 1. The largest absolute Gasteiger partial charge is 0.481 e.